The molecule has 2 aliphatic rings. The zero-order valence-electron chi connectivity index (χ0n) is 15.4. The van der Waals surface area contributed by atoms with Gasteiger partial charge in [-0.2, -0.15) is 11.8 Å². The van der Waals surface area contributed by atoms with Crippen LogP contribution in [0.2, 0.25) is 0 Å². The van der Waals surface area contributed by atoms with Crippen LogP contribution in [0.1, 0.15) is 23.7 Å². The van der Waals surface area contributed by atoms with Crippen molar-refractivity contribution in [1.29, 1.82) is 0 Å². The molecule has 7 nitrogen and oxygen atoms in total. The lowest BCUT2D eigenvalue weighted by atomic mass is 9.91. The maximum absolute atomic E-state index is 12.6. The van der Waals surface area contributed by atoms with Crippen LogP contribution in [0.15, 0.2) is 24.3 Å². The molecule has 1 aromatic rings. The minimum atomic E-state index is -0.869. The molecule has 0 radical (unpaired) electrons. The monoisotopic (exact) mass is 391 g/mol. The minimum Gasteiger partial charge on any atom is -0.481 e. The number of hydrogen-bond acceptors (Lipinski definition) is 4. The minimum absolute atomic E-state index is 0.0241. The maximum atomic E-state index is 12.6. The molecule has 2 unspecified atom stereocenters. The number of benzene rings is 1. The molecule has 3 amide bonds. The Morgan fingerprint density at radius 2 is 1.89 bits per heavy atom. The molecule has 3 rings (SSSR count). The number of piperidine rings is 1. The van der Waals surface area contributed by atoms with Crippen LogP contribution >= 0.6 is 11.8 Å². The molecule has 0 aliphatic carbocycles. The van der Waals surface area contributed by atoms with Gasteiger partial charge in [0.25, 0.3) is 5.91 Å². The first kappa shape index (κ1) is 19.5. The number of carbonyl (C=O) groups excluding carboxylic acids is 2. The number of urea groups is 1. The topological polar surface area (TPSA) is 90.0 Å². The summed E-state index contributed by atoms with van der Waals surface area (Å²) in [4.78, 5) is 39.9. The van der Waals surface area contributed by atoms with Gasteiger partial charge in [-0.3, -0.25) is 9.59 Å². The smallest absolute Gasteiger partial charge is 0.321 e. The Balaban J connectivity index is 1.65. The summed E-state index contributed by atoms with van der Waals surface area (Å²) in [6, 6.07) is 6.60. The van der Waals surface area contributed by atoms with E-state index in [4.69, 9.17) is 0 Å². The first-order valence-corrected chi connectivity index (χ1v) is 10.4. The molecule has 2 heterocycles. The number of anilines is 1. The van der Waals surface area contributed by atoms with Crippen LogP contribution < -0.4 is 5.32 Å². The van der Waals surface area contributed by atoms with Crippen molar-refractivity contribution < 1.29 is 19.5 Å². The average molecular weight is 391 g/mol. The highest BCUT2D eigenvalue weighted by atomic mass is 32.2. The van der Waals surface area contributed by atoms with Gasteiger partial charge in [-0.05, 0) is 30.5 Å². The van der Waals surface area contributed by atoms with Crippen LogP contribution in [0, 0.1) is 11.8 Å². The van der Waals surface area contributed by atoms with E-state index in [1.807, 2.05) is 23.6 Å². The predicted molar refractivity (Wildman–Crippen MR) is 105 cm³/mol. The lowest BCUT2D eigenvalue weighted by Crippen LogP contribution is -2.47. The number of hydrogen-bond donors (Lipinski definition) is 2. The third kappa shape index (κ3) is 4.94. The Morgan fingerprint density at radius 3 is 2.59 bits per heavy atom. The number of nitrogens with one attached hydrogen (secondary N) is 1. The van der Waals surface area contributed by atoms with Crippen molar-refractivity contribution in [2.75, 3.05) is 43.0 Å². The van der Waals surface area contributed by atoms with E-state index >= 15 is 0 Å². The van der Waals surface area contributed by atoms with Crippen LogP contribution in [0.3, 0.4) is 0 Å². The molecule has 2 fully saturated rings. The van der Waals surface area contributed by atoms with E-state index in [1.165, 1.54) is 0 Å². The summed E-state index contributed by atoms with van der Waals surface area (Å²) in [5.41, 5.74) is 1.09. The normalized spacial score (nSPS) is 23.0. The SMILES string of the molecule is CC1CC(C(=O)O)CN(C(=O)Nc2cccc(C(=O)N3CCSCC3)c2)C1. The van der Waals surface area contributed by atoms with Gasteiger partial charge >= 0.3 is 12.0 Å². The standard InChI is InChI=1S/C19H25N3O4S/c1-13-9-15(18(24)25)12-22(11-13)19(26)20-16-4-2-3-14(10-16)17(23)21-5-7-27-8-6-21/h2-4,10,13,15H,5-9,11-12H2,1H3,(H,20,26)(H,24,25). The Hall–Kier alpha value is -2.22. The van der Waals surface area contributed by atoms with Gasteiger partial charge in [-0.25, -0.2) is 4.79 Å². The summed E-state index contributed by atoms with van der Waals surface area (Å²) in [6.45, 7) is 4.16. The number of rotatable bonds is 3. The third-order valence-corrected chi connectivity index (χ3v) is 5.90. The van der Waals surface area contributed by atoms with Crippen molar-refractivity contribution in [1.82, 2.24) is 9.80 Å². The molecular weight excluding hydrogens is 366 g/mol. The number of likely N-dealkylation sites (tertiary alicyclic amines) is 1. The summed E-state index contributed by atoms with van der Waals surface area (Å²) in [6.07, 6.45) is 0.581. The number of carboxylic acids is 1. The van der Waals surface area contributed by atoms with Gasteiger partial charge < -0.3 is 20.2 Å². The molecule has 146 valence electrons. The zero-order valence-corrected chi connectivity index (χ0v) is 16.2. The molecule has 0 spiro atoms. The average Bonchev–Trinajstić information content (AvgIpc) is 2.67. The fraction of sp³-hybridized carbons (Fsp3) is 0.526. The van der Waals surface area contributed by atoms with Gasteiger partial charge in [-0.1, -0.05) is 13.0 Å². The van der Waals surface area contributed by atoms with E-state index in [0.717, 1.165) is 24.6 Å². The second-order valence-corrected chi connectivity index (χ2v) is 8.42. The fourth-order valence-corrected chi connectivity index (χ4v) is 4.48. The summed E-state index contributed by atoms with van der Waals surface area (Å²) >= 11 is 1.84. The first-order valence-electron chi connectivity index (χ1n) is 9.20. The van der Waals surface area contributed by atoms with E-state index < -0.39 is 11.9 Å². The lowest BCUT2D eigenvalue weighted by Gasteiger charge is -2.34. The van der Waals surface area contributed by atoms with Gasteiger partial charge in [0, 0.05) is 48.9 Å². The Morgan fingerprint density at radius 1 is 1.15 bits per heavy atom. The highest BCUT2D eigenvalue weighted by molar-refractivity contribution is 7.99. The quantitative estimate of drug-likeness (QED) is 0.826. The van der Waals surface area contributed by atoms with Crippen molar-refractivity contribution in [3.05, 3.63) is 29.8 Å². The van der Waals surface area contributed by atoms with Crippen LogP contribution in [-0.2, 0) is 4.79 Å². The number of aliphatic carboxylic acids is 1. The lowest BCUT2D eigenvalue weighted by molar-refractivity contribution is -0.143. The molecule has 2 aliphatic heterocycles. The second-order valence-electron chi connectivity index (χ2n) is 7.20. The molecule has 8 heteroatoms. The molecule has 1 aromatic carbocycles. The fourth-order valence-electron chi connectivity index (χ4n) is 3.58. The number of carboxylic acid groups (broad SMARTS) is 1. The van der Waals surface area contributed by atoms with Crippen LogP contribution in [-0.4, -0.2) is 70.5 Å². The molecule has 2 N–H and O–H groups in total. The molecule has 0 bridgehead atoms. The highest BCUT2D eigenvalue weighted by Crippen LogP contribution is 2.23. The van der Waals surface area contributed by atoms with E-state index in [0.29, 0.717) is 24.2 Å². The number of nitrogens with zero attached hydrogens (tertiary/aromatic N) is 2. The van der Waals surface area contributed by atoms with Crippen molar-refractivity contribution in [3.63, 3.8) is 0 Å². The molecule has 0 aromatic heterocycles. The number of amides is 3. The third-order valence-electron chi connectivity index (χ3n) is 4.96. The van der Waals surface area contributed by atoms with Gasteiger partial charge in [0.2, 0.25) is 0 Å². The van der Waals surface area contributed by atoms with E-state index in [-0.39, 0.29) is 24.4 Å². The summed E-state index contributed by atoms with van der Waals surface area (Å²) in [5, 5.41) is 12.1. The second kappa shape index (κ2) is 8.65. The number of carbonyl (C=O) groups is 3. The molecule has 2 atom stereocenters. The highest BCUT2D eigenvalue weighted by Gasteiger charge is 2.32. The van der Waals surface area contributed by atoms with Gasteiger partial charge in [0.15, 0.2) is 0 Å². The largest absolute Gasteiger partial charge is 0.481 e. The summed E-state index contributed by atoms with van der Waals surface area (Å²) in [5.74, 6) is 0.593. The molecule has 27 heavy (non-hydrogen) atoms. The van der Waals surface area contributed by atoms with Crippen molar-refractivity contribution >= 4 is 35.4 Å². The number of thioether (sulfide) groups is 1. The Kier molecular flexibility index (Phi) is 6.26. The van der Waals surface area contributed by atoms with Crippen molar-refractivity contribution in [2.45, 2.75) is 13.3 Å². The van der Waals surface area contributed by atoms with E-state index in [2.05, 4.69) is 5.32 Å². The van der Waals surface area contributed by atoms with Crippen LogP contribution in [0.5, 0.6) is 0 Å². The van der Waals surface area contributed by atoms with Gasteiger partial charge in [0.05, 0.1) is 5.92 Å². The van der Waals surface area contributed by atoms with Crippen LogP contribution in [0.25, 0.3) is 0 Å². The zero-order chi connectivity index (χ0) is 19.4. The Bertz CT molecular complexity index is 721. The van der Waals surface area contributed by atoms with Crippen molar-refractivity contribution in [3.8, 4) is 0 Å². The molecule has 0 saturated carbocycles. The van der Waals surface area contributed by atoms with Crippen molar-refractivity contribution in [2.24, 2.45) is 11.8 Å². The summed E-state index contributed by atoms with van der Waals surface area (Å²) in [7, 11) is 0. The van der Waals surface area contributed by atoms with Gasteiger partial charge in [-0.15, -0.1) is 0 Å². The molecular formula is C19H25N3O4S. The van der Waals surface area contributed by atoms with E-state index in [1.54, 1.807) is 29.2 Å². The van der Waals surface area contributed by atoms with E-state index in [9.17, 15) is 19.5 Å². The van der Waals surface area contributed by atoms with Gasteiger partial charge in [0.1, 0.15) is 0 Å². The Labute approximate surface area is 163 Å². The molecule has 2 saturated heterocycles. The first-order chi connectivity index (χ1) is 12.9. The summed E-state index contributed by atoms with van der Waals surface area (Å²) < 4.78 is 0. The van der Waals surface area contributed by atoms with Crippen LogP contribution in [0.4, 0.5) is 10.5 Å². The maximum Gasteiger partial charge on any atom is 0.321 e. The predicted octanol–water partition coefficient (Wildman–Crippen LogP) is 2.45.